The van der Waals surface area contributed by atoms with Gasteiger partial charge in [-0.05, 0) is 214 Å². The molecule has 0 fully saturated rings. The first kappa shape index (κ1) is 62.3. The molecule has 3 heterocycles. The zero-order valence-corrected chi connectivity index (χ0v) is 56.2. The van der Waals surface area contributed by atoms with Crippen LogP contribution in [0.3, 0.4) is 0 Å². The molecule has 450 valence electrons. The van der Waals surface area contributed by atoms with Gasteiger partial charge in [-0.25, -0.2) is 30.4 Å². The Labute approximate surface area is 562 Å². The fourth-order valence-corrected chi connectivity index (χ4v) is 21.9. The van der Waals surface area contributed by atoms with Crippen molar-refractivity contribution in [2.75, 3.05) is 0 Å². The van der Waals surface area contributed by atoms with Crippen molar-refractivity contribution in [1.82, 2.24) is 0 Å². The number of sulfone groups is 1. The standard InChI is InChI=1S/C25H14F5OS.C25H18IO3S2.C25H18IS2/c26-21-18(22(27)24(29)25(30)23(21)28)13-31-14-9-11-15(12-10-14)32-19-7-3-1-5-16(19)17-6-2-4-8-20(17)32;26-19-11-9-18(10-12-19)17-29-20-13-15-21(16-14-20)30-22-5-1-3-7-24(22)31(27,28)25-8-4-2-6-23(25)30;26-19-11-9-18(10-12-19)17-27-20-13-15-21(16-14-20)28-24-7-3-1-5-22(24)23-6-2-4-8-25(23)28/h1-12H,13H2;1-16H,17H2;1-16H,17H2/q3*+1. The normalized spacial score (nSPS) is 12.4. The average molecular weight is 1520 g/mol. The predicted octanol–water partition coefficient (Wildman–Crippen LogP) is 22.7. The summed E-state index contributed by atoms with van der Waals surface area (Å²) in [4.78, 5) is 7.29. The van der Waals surface area contributed by atoms with Crippen molar-refractivity contribution in [2.45, 2.75) is 48.3 Å². The molecule has 1 aliphatic rings. The summed E-state index contributed by atoms with van der Waals surface area (Å²) in [6, 6.07) is 89.9. The van der Waals surface area contributed by atoms with Gasteiger partial charge < -0.3 is 9.47 Å². The third-order valence-corrected chi connectivity index (χ3v) is 26.9. The SMILES string of the molecule is Fc1c(F)c(F)c(COc2ccc(-[s+]3c4ccccc4c4ccccc43)cc2)c(F)c1F.Ic1ccc(CSc2ccc(-[s+]3c4ccccc4c4ccccc43)cc2)cc1.O=S1(=O)c2ccccc2[S+](c2ccc(OCc3ccc(I)cc3)cc2)c2ccccc21. The minimum Gasteiger partial charge on any atom is -0.489 e. The molecule has 4 nitrogen and oxygen atoms in total. The van der Waals surface area contributed by atoms with Crippen LogP contribution < -0.4 is 9.47 Å². The molecule has 1 aliphatic heterocycles. The van der Waals surface area contributed by atoms with Gasteiger partial charge in [-0.15, -0.1) is 11.8 Å². The van der Waals surface area contributed by atoms with Crippen LogP contribution in [-0.4, -0.2) is 8.42 Å². The number of hydrogen-bond donors (Lipinski definition) is 0. The molecule has 0 saturated carbocycles. The number of thioether (sulfide) groups is 1. The van der Waals surface area contributed by atoms with E-state index in [1.54, 1.807) is 36.4 Å². The summed E-state index contributed by atoms with van der Waals surface area (Å²) < 4.78 is 113. The molecule has 91 heavy (non-hydrogen) atoms. The summed E-state index contributed by atoms with van der Waals surface area (Å²) in [7, 11) is -4.32. The van der Waals surface area contributed by atoms with Crippen LogP contribution in [0.4, 0.5) is 22.0 Å². The molecule has 2 aromatic heterocycles. The van der Waals surface area contributed by atoms with Gasteiger partial charge in [0.05, 0.1) is 5.56 Å². The molecule has 16 heteroatoms. The quantitative estimate of drug-likeness (QED) is 0.0305. The van der Waals surface area contributed by atoms with E-state index >= 15 is 0 Å². The zero-order chi connectivity index (χ0) is 62.8. The molecule has 0 bridgehead atoms. The minimum atomic E-state index is -3.51. The zero-order valence-electron chi connectivity index (χ0n) is 47.8. The van der Waals surface area contributed by atoms with E-state index in [-0.39, 0.29) is 26.7 Å². The lowest BCUT2D eigenvalue weighted by Crippen LogP contribution is -2.20. The highest BCUT2D eigenvalue weighted by Crippen LogP contribution is 2.51. The van der Waals surface area contributed by atoms with Gasteiger partial charge in [0.2, 0.25) is 15.7 Å². The number of fused-ring (bicyclic) bond motifs is 8. The monoisotopic (exact) mass is 1520 g/mol. The molecule has 0 radical (unpaired) electrons. The van der Waals surface area contributed by atoms with Crippen molar-refractivity contribution >= 4 is 139 Å². The van der Waals surface area contributed by atoms with Crippen LogP contribution >= 0.6 is 77.9 Å². The van der Waals surface area contributed by atoms with Gasteiger partial charge in [-0.2, -0.15) is 0 Å². The van der Waals surface area contributed by atoms with Crippen LogP contribution in [0.25, 0.3) is 50.1 Å². The van der Waals surface area contributed by atoms with E-state index in [9.17, 15) is 30.4 Å². The molecule has 0 aliphatic carbocycles. The Kier molecular flexibility index (Phi) is 18.7. The van der Waals surface area contributed by atoms with Crippen LogP contribution in [0, 0.1) is 36.2 Å². The molecule has 0 N–H and O–H groups in total. The van der Waals surface area contributed by atoms with Gasteiger partial charge in [0.1, 0.15) is 45.4 Å². The third-order valence-electron chi connectivity index (χ3n) is 15.2. The van der Waals surface area contributed by atoms with E-state index < -0.39 is 62.0 Å². The van der Waals surface area contributed by atoms with Gasteiger partial charge >= 0.3 is 0 Å². The van der Waals surface area contributed by atoms with Crippen LogP contribution in [0.2, 0.25) is 0 Å². The molecule has 0 spiro atoms. The summed E-state index contributed by atoms with van der Waals surface area (Å²) >= 11 is 6.54. The van der Waals surface area contributed by atoms with Crippen LogP contribution in [0.1, 0.15) is 16.7 Å². The highest BCUT2D eigenvalue weighted by atomic mass is 127. The fraction of sp³-hybridized carbons (Fsp3) is 0.0400. The number of thiophene rings is 2. The van der Waals surface area contributed by atoms with Crippen molar-refractivity contribution in [3.8, 4) is 21.3 Å². The van der Waals surface area contributed by atoms with Crippen molar-refractivity contribution in [3.63, 3.8) is 0 Å². The lowest BCUT2D eigenvalue weighted by Gasteiger charge is -2.19. The van der Waals surface area contributed by atoms with E-state index in [0.717, 1.165) is 36.6 Å². The smallest absolute Gasteiger partial charge is 0.216 e. The molecule has 0 amide bonds. The average Bonchev–Trinajstić information content (AvgIpc) is 1.77. The second-order valence-corrected chi connectivity index (χ2v) is 32.2. The minimum absolute atomic E-state index is 0.00148. The summed E-state index contributed by atoms with van der Waals surface area (Å²) in [5.74, 6) is -7.90. The molecule has 0 atom stereocenters. The Morgan fingerprint density at radius 2 is 0.714 bits per heavy atom. The Morgan fingerprint density at radius 1 is 0.363 bits per heavy atom. The van der Waals surface area contributed by atoms with Crippen molar-refractivity contribution < 1.29 is 39.8 Å². The van der Waals surface area contributed by atoms with Crippen molar-refractivity contribution in [3.05, 3.63) is 320 Å². The van der Waals surface area contributed by atoms with E-state index in [4.69, 9.17) is 9.47 Å². The molecule has 12 aromatic carbocycles. The Hall–Kier alpha value is -7.56. The second kappa shape index (κ2) is 27.3. The van der Waals surface area contributed by atoms with Crippen LogP contribution in [0.5, 0.6) is 11.5 Å². The molecule has 0 saturated heterocycles. The summed E-state index contributed by atoms with van der Waals surface area (Å²) in [5, 5.41) is 5.13. The highest BCUT2D eigenvalue weighted by Gasteiger charge is 2.45. The lowest BCUT2D eigenvalue weighted by atomic mass is 10.2. The fourth-order valence-electron chi connectivity index (χ4n) is 10.8. The number of ether oxygens (including phenoxy) is 2. The van der Waals surface area contributed by atoms with Gasteiger partial charge in [-0.3, -0.25) is 0 Å². The first-order valence-electron chi connectivity index (χ1n) is 28.5. The molecular formula is C75H50F5I2O4S5+3. The van der Waals surface area contributed by atoms with Crippen LogP contribution in [0.15, 0.2) is 296 Å². The predicted molar refractivity (Wildman–Crippen MR) is 380 cm³/mol. The Balaban J connectivity index is 0.000000125. The van der Waals surface area contributed by atoms with E-state index in [1.807, 2.05) is 96.7 Å². The number of halogens is 7. The van der Waals surface area contributed by atoms with Gasteiger partial charge in [0.25, 0.3) is 0 Å². The maximum absolute atomic E-state index is 13.9. The summed E-state index contributed by atoms with van der Waals surface area (Å²) in [6.07, 6.45) is 0. The molecule has 0 unspecified atom stereocenters. The molecular weight excluding hydrogens is 1470 g/mol. The largest absolute Gasteiger partial charge is 0.489 e. The molecule has 15 rings (SSSR count). The summed E-state index contributed by atoms with van der Waals surface area (Å²) in [6.45, 7) is -0.283. The Bertz CT molecular complexity index is 4920. The Morgan fingerprint density at radius 3 is 1.15 bits per heavy atom. The van der Waals surface area contributed by atoms with Gasteiger partial charge in [0, 0.05) is 72.4 Å². The van der Waals surface area contributed by atoms with E-state index in [0.29, 0.717) is 16.4 Å². The van der Waals surface area contributed by atoms with E-state index in [1.165, 1.54) is 62.8 Å². The van der Waals surface area contributed by atoms with Crippen molar-refractivity contribution in [2.24, 2.45) is 0 Å². The number of benzene rings is 12. The lowest BCUT2D eigenvalue weighted by molar-refractivity contribution is 0.279. The summed E-state index contributed by atoms with van der Waals surface area (Å²) in [5.41, 5.74) is 1.48. The van der Waals surface area contributed by atoms with Gasteiger partial charge in [-0.1, -0.05) is 97.1 Å². The van der Waals surface area contributed by atoms with Crippen LogP contribution in [-0.2, 0) is 39.7 Å². The maximum atomic E-state index is 13.9. The second-order valence-electron chi connectivity index (χ2n) is 20.9. The van der Waals surface area contributed by atoms with Crippen molar-refractivity contribution in [1.29, 1.82) is 0 Å². The number of rotatable bonds is 12. The first-order valence-corrected chi connectivity index (χ1v) is 36.8. The maximum Gasteiger partial charge on any atom is 0.216 e. The van der Waals surface area contributed by atoms with Gasteiger partial charge in [0.15, 0.2) is 66.5 Å². The molecule has 14 aromatic rings. The van der Waals surface area contributed by atoms with E-state index in [2.05, 4.69) is 191 Å². The topological polar surface area (TPSA) is 52.6 Å². The number of hydrogen-bond acceptors (Lipinski definition) is 5. The first-order chi connectivity index (χ1) is 44.3. The third kappa shape index (κ3) is 12.9. The highest BCUT2D eigenvalue weighted by molar-refractivity contribution is 14.1.